The van der Waals surface area contributed by atoms with Gasteiger partial charge < -0.3 is 15.8 Å². The molecule has 20 heavy (non-hydrogen) atoms. The number of nitrogens with one attached hydrogen (secondary N) is 1. The van der Waals surface area contributed by atoms with Crippen LogP contribution in [0, 0.1) is 17.0 Å². The molecule has 1 aliphatic carbocycles. The molecule has 3 N–H and O–H groups in total. The van der Waals surface area contributed by atoms with Crippen LogP contribution >= 0.6 is 0 Å². The quantitative estimate of drug-likeness (QED) is 0.569. The molecule has 108 valence electrons. The fourth-order valence-corrected chi connectivity index (χ4v) is 1.81. The average Bonchev–Trinajstić information content (AvgIpc) is 3.19. The van der Waals surface area contributed by atoms with Gasteiger partial charge in [0.1, 0.15) is 12.6 Å². The SMILES string of the molecule is Cc1ccc(OCC(NC2CC2)C(N)=O)c([N+](=O)[O-])c1. The van der Waals surface area contributed by atoms with Crippen LogP contribution in [0.5, 0.6) is 5.75 Å². The monoisotopic (exact) mass is 279 g/mol. The lowest BCUT2D eigenvalue weighted by molar-refractivity contribution is -0.385. The third-order valence-corrected chi connectivity index (χ3v) is 3.07. The van der Waals surface area contributed by atoms with Gasteiger partial charge in [0, 0.05) is 12.1 Å². The van der Waals surface area contributed by atoms with E-state index in [-0.39, 0.29) is 18.0 Å². The number of nitrogens with two attached hydrogens (primary N) is 1. The molecule has 1 unspecified atom stereocenters. The van der Waals surface area contributed by atoms with E-state index >= 15 is 0 Å². The number of nitro benzene ring substituents is 1. The smallest absolute Gasteiger partial charge is 0.311 e. The van der Waals surface area contributed by atoms with Crippen LogP contribution in [0.2, 0.25) is 0 Å². The summed E-state index contributed by atoms with van der Waals surface area (Å²) in [4.78, 5) is 21.8. The summed E-state index contributed by atoms with van der Waals surface area (Å²) < 4.78 is 5.40. The zero-order valence-electron chi connectivity index (χ0n) is 11.2. The second-order valence-corrected chi connectivity index (χ2v) is 4.94. The number of primary amides is 1. The molecule has 7 nitrogen and oxygen atoms in total. The number of carbonyl (C=O) groups is 1. The number of nitrogens with zero attached hydrogens (tertiary/aromatic N) is 1. The Kier molecular flexibility index (Phi) is 4.19. The number of hydrogen-bond donors (Lipinski definition) is 2. The first-order valence-electron chi connectivity index (χ1n) is 6.40. The van der Waals surface area contributed by atoms with E-state index in [2.05, 4.69) is 5.32 Å². The fourth-order valence-electron chi connectivity index (χ4n) is 1.81. The number of benzene rings is 1. The van der Waals surface area contributed by atoms with Crippen molar-refractivity contribution in [3.8, 4) is 5.75 Å². The Morgan fingerprint density at radius 3 is 2.85 bits per heavy atom. The highest BCUT2D eigenvalue weighted by atomic mass is 16.6. The predicted molar refractivity (Wildman–Crippen MR) is 72.5 cm³/mol. The van der Waals surface area contributed by atoms with Crippen LogP contribution in [0.25, 0.3) is 0 Å². The van der Waals surface area contributed by atoms with Crippen LogP contribution < -0.4 is 15.8 Å². The van der Waals surface area contributed by atoms with Crippen molar-refractivity contribution in [3.05, 3.63) is 33.9 Å². The molecule has 0 spiro atoms. The molecule has 1 aromatic carbocycles. The van der Waals surface area contributed by atoms with Crippen molar-refractivity contribution in [3.63, 3.8) is 0 Å². The van der Waals surface area contributed by atoms with Gasteiger partial charge in [0.25, 0.3) is 0 Å². The summed E-state index contributed by atoms with van der Waals surface area (Å²) in [5, 5.41) is 14.0. The van der Waals surface area contributed by atoms with Crippen LogP contribution in [-0.4, -0.2) is 29.5 Å². The minimum absolute atomic E-state index is 0.0181. The largest absolute Gasteiger partial charge is 0.485 e. The lowest BCUT2D eigenvalue weighted by atomic mass is 10.2. The number of aryl methyl sites for hydroxylation is 1. The molecule has 0 bridgehead atoms. The predicted octanol–water partition coefficient (Wildman–Crippen LogP) is 0.888. The van der Waals surface area contributed by atoms with Gasteiger partial charge in [0.2, 0.25) is 5.91 Å². The first-order chi connectivity index (χ1) is 9.47. The van der Waals surface area contributed by atoms with E-state index in [0.717, 1.165) is 18.4 Å². The van der Waals surface area contributed by atoms with Crippen molar-refractivity contribution in [2.45, 2.75) is 31.8 Å². The van der Waals surface area contributed by atoms with Crippen LogP contribution in [0.3, 0.4) is 0 Å². The Bertz CT molecular complexity index is 528. The Labute approximate surface area is 116 Å². The number of carbonyl (C=O) groups excluding carboxylic acids is 1. The summed E-state index contributed by atoms with van der Waals surface area (Å²) in [6.07, 6.45) is 2.02. The van der Waals surface area contributed by atoms with Crippen LogP contribution in [0.1, 0.15) is 18.4 Å². The maximum atomic E-state index is 11.3. The number of nitro groups is 1. The number of hydrogen-bond acceptors (Lipinski definition) is 5. The van der Waals surface area contributed by atoms with E-state index in [9.17, 15) is 14.9 Å². The van der Waals surface area contributed by atoms with Crippen molar-refractivity contribution in [2.75, 3.05) is 6.61 Å². The summed E-state index contributed by atoms with van der Waals surface area (Å²) in [5.41, 5.74) is 5.94. The molecule has 1 aliphatic rings. The molecule has 1 saturated carbocycles. The third-order valence-electron chi connectivity index (χ3n) is 3.07. The molecule has 0 aromatic heterocycles. The summed E-state index contributed by atoms with van der Waals surface area (Å²) in [7, 11) is 0. The Morgan fingerprint density at radius 1 is 1.60 bits per heavy atom. The number of rotatable bonds is 7. The van der Waals surface area contributed by atoms with Gasteiger partial charge in [-0.1, -0.05) is 6.07 Å². The lowest BCUT2D eigenvalue weighted by Crippen LogP contribution is -2.46. The number of ether oxygens (including phenoxy) is 1. The van der Waals surface area contributed by atoms with E-state index < -0.39 is 16.9 Å². The molecular formula is C13H17N3O4. The van der Waals surface area contributed by atoms with Gasteiger partial charge in [-0.3, -0.25) is 14.9 Å². The summed E-state index contributed by atoms with van der Waals surface area (Å²) in [5.74, 6) is -0.379. The van der Waals surface area contributed by atoms with Crippen molar-refractivity contribution in [1.29, 1.82) is 0 Å². The molecule has 0 heterocycles. The molecule has 1 amide bonds. The van der Waals surface area contributed by atoms with E-state index in [1.165, 1.54) is 12.1 Å². The average molecular weight is 279 g/mol. The summed E-state index contributed by atoms with van der Waals surface area (Å²) in [6, 6.07) is 4.34. The van der Waals surface area contributed by atoms with Gasteiger partial charge in [0.15, 0.2) is 5.75 Å². The summed E-state index contributed by atoms with van der Waals surface area (Å²) >= 11 is 0. The Balaban J connectivity index is 2.04. The standard InChI is InChI=1S/C13H17N3O4/c1-8-2-5-12(11(6-8)16(18)19)20-7-10(13(14)17)15-9-3-4-9/h2,5-6,9-10,15H,3-4,7H2,1H3,(H2,14,17). The van der Waals surface area contributed by atoms with E-state index in [1.54, 1.807) is 13.0 Å². The van der Waals surface area contributed by atoms with E-state index in [1.807, 2.05) is 0 Å². The van der Waals surface area contributed by atoms with Gasteiger partial charge in [-0.15, -0.1) is 0 Å². The second-order valence-electron chi connectivity index (χ2n) is 4.94. The Morgan fingerprint density at radius 2 is 2.30 bits per heavy atom. The normalized spacial score (nSPS) is 15.7. The van der Waals surface area contributed by atoms with Crippen LogP contribution in [-0.2, 0) is 4.79 Å². The number of amides is 1. The minimum Gasteiger partial charge on any atom is -0.485 e. The molecule has 1 atom stereocenters. The highest BCUT2D eigenvalue weighted by Crippen LogP contribution is 2.28. The highest BCUT2D eigenvalue weighted by Gasteiger charge is 2.28. The van der Waals surface area contributed by atoms with Crippen molar-refractivity contribution in [1.82, 2.24) is 5.32 Å². The highest BCUT2D eigenvalue weighted by molar-refractivity contribution is 5.80. The van der Waals surface area contributed by atoms with Gasteiger partial charge in [-0.05, 0) is 31.4 Å². The zero-order valence-corrected chi connectivity index (χ0v) is 11.2. The van der Waals surface area contributed by atoms with Crippen LogP contribution in [0.15, 0.2) is 18.2 Å². The van der Waals surface area contributed by atoms with Gasteiger partial charge >= 0.3 is 5.69 Å². The topological polar surface area (TPSA) is 107 Å². The molecule has 7 heteroatoms. The Hall–Kier alpha value is -2.15. The second kappa shape index (κ2) is 5.87. The lowest BCUT2D eigenvalue weighted by Gasteiger charge is -2.16. The molecule has 0 radical (unpaired) electrons. The minimum atomic E-state index is -0.636. The maximum absolute atomic E-state index is 11.3. The zero-order chi connectivity index (χ0) is 14.7. The molecule has 1 fully saturated rings. The molecule has 2 rings (SSSR count). The summed E-state index contributed by atoms with van der Waals surface area (Å²) in [6.45, 7) is 1.74. The van der Waals surface area contributed by atoms with Gasteiger partial charge in [-0.25, -0.2) is 0 Å². The van der Waals surface area contributed by atoms with Crippen LogP contribution in [0.4, 0.5) is 5.69 Å². The molecular weight excluding hydrogens is 262 g/mol. The fraction of sp³-hybridized carbons (Fsp3) is 0.462. The van der Waals surface area contributed by atoms with Crippen molar-refractivity contribution < 1.29 is 14.5 Å². The van der Waals surface area contributed by atoms with Gasteiger partial charge in [-0.2, -0.15) is 0 Å². The third kappa shape index (κ3) is 3.67. The van der Waals surface area contributed by atoms with E-state index in [0.29, 0.717) is 6.04 Å². The van der Waals surface area contributed by atoms with Gasteiger partial charge in [0.05, 0.1) is 4.92 Å². The molecule has 0 saturated heterocycles. The molecule has 1 aromatic rings. The van der Waals surface area contributed by atoms with E-state index in [4.69, 9.17) is 10.5 Å². The van der Waals surface area contributed by atoms with Crippen molar-refractivity contribution in [2.24, 2.45) is 5.73 Å². The van der Waals surface area contributed by atoms with Crippen molar-refractivity contribution >= 4 is 11.6 Å². The first-order valence-corrected chi connectivity index (χ1v) is 6.40. The first kappa shape index (κ1) is 14.3. The molecule has 0 aliphatic heterocycles. The maximum Gasteiger partial charge on any atom is 0.311 e.